The molecule has 12 atom stereocenters. The predicted molar refractivity (Wildman–Crippen MR) is 129 cm³/mol. The summed E-state index contributed by atoms with van der Waals surface area (Å²) in [5, 5.41) is 16.6. The smallest absolute Gasteiger partial charge is 0.183 e. The van der Waals surface area contributed by atoms with Crippen molar-refractivity contribution in [3.05, 3.63) is 0 Å². The third kappa shape index (κ3) is 2.78. The van der Waals surface area contributed by atoms with Crippen molar-refractivity contribution in [3.8, 4) is 0 Å². The van der Waals surface area contributed by atoms with Crippen molar-refractivity contribution in [1.29, 1.82) is 0 Å². The van der Waals surface area contributed by atoms with Gasteiger partial charge in [0.25, 0.3) is 0 Å². The summed E-state index contributed by atoms with van der Waals surface area (Å²) >= 11 is 0. The molecule has 2 heterocycles. The molecule has 4 aliphatic carbocycles. The summed E-state index contributed by atoms with van der Waals surface area (Å²) < 4.78 is 13.2. The van der Waals surface area contributed by atoms with E-state index in [0.717, 1.165) is 57.9 Å². The molecule has 0 spiro atoms. The molecule has 5 nitrogen and oxygen atoms in total. The molecular weight excluding hydrogens is 412 g/mol. The van der Waals surface area contributed by atoms with E-state index >= 15 is 0 Å². The molecular formula is C28H48N2O3. The van der Waals surface area contributed by atoms with Gasteiger partial charge in [-0.05, 0) is 98.8 Å². The lowest BCUT2D eigenvalue weighted by atomic mass is 9.38. The van der Waals surface area contributed by atoms with E-state index in [-0.39, 0.29) is 28.4 Å². The fraction of sp³-hybridized carbons (Fsp3) is 1.00. The van der Waals surface area contributed by atoms with E-state index in [4.69, 9.17) is 15.2 Å². The lowest BCUT2D eigenvalue weighted by Crippen LogP contribution is -2.69. The van der Waals surface area contributed by atoms with Gasteiger partial charge in [-0.1, -0.05) is 27.7 Å². The number of piperidine rings is 1. The molecule has 0 aromatic carbocycles. The number of ether oxygens (including phenoxy) is 2. The second kappa shape index (κ2) is 7.18. The second-order valence-electron chi connectivity index (χ2n) is 14.0. The first-order valence-electron chi connectivity index (χ1n) is 14.0. The van der Waals surface area contributed by atoms with Gasteiger partial charge in [0.05, 0.1) is 17.7 Å². The van der Waals surface area contributed by atoms with E-state index in [1.807, 2.05) is 7.11 Å². The van der Waals surface area contributed by atoms with Crippen LogP contribution >= 0.6 is 0 Å². The third-order valence-corrected chi connectivity index (χ3v) is 12.9. The van der Waals surface area contributed by atoms with Crippen molar-refractivity contribution in [2.45, 2.75) is 121 Å². The van der Waals surface area contributed by atoms with Gasteiger partial charge in [-0.25, -0.2) is 0 Å². The highest BCUT2D eigenvalue weighted by Crippen LogP contribution is 2.75. The van der Waals surface area contributed by atoms with Crippen LogP contribution in [0, 0.1) is 39.9 Å². The number of methoxy groups -OCH3 is 1. The molecule has 0 bridgehead atoms. The van der Waals surface area contributed by atoms with Gasteiger partial charge in [0, 0.05) is 25.0 Å². The Kier molecular flexibility index (Phi) is 5.05. The first-order valence-corrected chi connectivity index (χ1v) is 14.0. The molecule has 188 valence electrons. The van der Waals surface area contributed by atoms with Gasteiger partial charge in [0.15, 0.2) is 5.79 Å². The molecule has 0 aromatic heterocycles. The third-order valence-electron chi connectivity index (χ3n) is 12.9. The number of rotatable bonds is 1. The van der Waals surface area contributed by atoms with Crippen LogP contribution < -0.4 is 11.1 Å². The summed E-state index contributed by atoms with van der Waals surface area (Å²) in [4.78, 5) is 0. The molecule has 6 rings (SSSR count). The van der Waals surface area contributed by atoms with Gasteiger partial charge < -0.3 is 25.6 Å². The molecule has 2 aliphatic heterocycles. The van der Waals surface area contributed by atoms with E-state index in [1.54, 1.807) is 0 Å². The Morgan fingerprint density at radius 1 is 1.03 bits per heavy atom. The lowest BCUT2D eigenvalue weighted by molar-refractivity contribution is -0.309. The predicted octanol–water partition coefficient (Wildman–Crippen LogP) is 4.22. The molecule has 4 N–H and O–H groups in total. The zero-order chi connectivity index (χ0) is 23.4. The Morgan fingerprint density at radius 3 is 2.58 bits per heavy atom. The molecule has 0 amide bonds. The van der Waals surface area contributed by atoms with E-state index in [2.05, 4.69) is 33.0 Å². The van der Waals surface area contributed by atoms with Crippen molar-refractivity contribution >= 4 is 0 Å². The monoisotopic (exact) mass is 460 g/mol. The molecule has 0 aromatic rings. The fourth-order valence-corrected chi connectivity index (χ4v) is 10.8. The van der Waals surface area contributed by atoms with Crippen LogP contribution in [0.5, 0.6) is 0 Å². The number of fused-ring (bicyclic) bond motifs is 8. The van der Waals surface area contributed by atoms with Crippen LogP contribution in [-0.2, 0) is 9.47 Å². The van der Waals surface area contributed by atoms with Crippen molar-refractivity contribution < 1.29 is 14.6 Å². The molecule has 2 saturated heterocycles. The summed E-state index contributed by atoms with van der Waals surface area (Å²) in [5.74, 6) is 1.57. The summed E-state index contributed by atoms with van der Waals surface area (Å²) in [6, 6.07) is 0.601. The highest BCUT2D eigenvalue weighted by molar-refractivity contribution is 5.24. The van der Waals surface area contributed by atoms with Crippen LogP contribution in [0.1, 0.15) is 91.9 Å². The highest BCUT2D eigenvalue weighted by atomic mass is 16.7. The Bertz CT molecular complexity index is 808. The molecule has 6 fully saturated rings. The van der Waals surface area contributed by atoms with Crippen LogP contribution in [0.2, 0.25) is 0 Å². The molecule has 33 heavy (non-hydrogen) atoms. The minimum atomic E-state index is -0.612. The fourth-order valence-electron chi connectivity index (χ4n) is 10.8. The van der Waals surface area contributed by atoms with Crippen LogP contribution in [0.3, 0.4) is 0 Å². The minimum Gasteiger partial charge on any atom is -0.389 e. The highest BCUT2D eigenvalue weighted by Gasteiger charge is 2.75. The van der Waals surface area contributed by atoms with Gasteiger partial charge in [0.1, 0.15) is 0 Å². The van der Waals surface area contributed by atoms with Gasteiger partial charge in [-0.2, -0.15) is 0 Å². The standard InChI is InChI=1S/C28H48N2O3/c1-17-14-28(32-5)23(30-16-17)13-20-21(33-28)15-26(4)25(20,3)10-8-22-24(2)9-7-19(29)12-18(24)6-11-27(22,26)31/h17-23,30-31H,6-16,29H2,1-5H3/t17-,18+,19+,20+,21-,22-,23-,24+,25-,26-,27+,28+/m1/s1. The Balaban J connectivity index is 1.36. The first kappa shape index (κ1) is 23.2. The summed E-state index contributed by atoms with van der Waals surface area (Å²) in [7, 11) is 1.83. The van der Waals surface area contributed by atoms with Crippen molar-refractivity contribution in [2.24, 2.45) is 45.7 Å². The minimum absolute atomic E-state index is 0.0990. The number of hydrogen-bond acceptors (Lipinski definition) is 5. The summed E-state index contributed by atoms with van der Waals surface area (Å²) in [5.41, 5.74) is 5.99. The maximum Gasteiger partial charge on any atom is 0.183 e. The largest absolute Gasteiger partial charge is 0.389 e. The number of aliphatic hydroxyl groups is 1. The molecule has 0 radical (unpaired) electrons. The average molecular weight is 461 g/mol. The zero-order valence-electron chi connectivity index (χ0n) is 21.7. The van der Waals surface area contributed by atoms with Crippen LogP contribution in [0.4, 0.5) is 0 Å². The normalized spacial score (nSPS) is 62.5. The Morgan fingerprint density at radius 2 is 1.82 bits per heavy atom. The van der Waals surface area contributed by atoms with Crippen LogP contribution in [0.25, 0.3) is 0 Å². The quantitative estimate of drug-likeness (QED) is 0.546. The number of hydrogen-bond donors (Lipinski definition) is 3. The Labute approximate surface area is 200 Å². The zero-order valence-corrected chi connectivity index (χ0v) is 21.7. The van der Waals surface area contributed by atoms with E-state index < -0.39 is 11.4 Å². The van der Waals surface area contributed by atoms with E-state index in [0.29, 0.717) is 29.7 Å². The molecule has 4 saturated carbocycles. The lowest BCUT2D eigenvalue weighted by Gasteiger charge is -2.68. The van der Waals surface area contributed by atoms with Crippen LogP contribution in [-0.4, -0.2) is 48.3 Å². The molecule has 0 unspecified atom stereocenters. The SMILES string of the molecule is CO[C@]12C[C@@H](C)CN[C@@H]1C[C@H]1[C@@H](C[C@]3(C)[C@]1(C)CC[C@@H]1[C@@]4(C)CC[C@H](N)C[C@@H]4CC[C@]13O)O2. The Hall–Kier alpha value is -0.200. The maximum absolute atomic E-state index is 12.8. The van der Waals surface area contributed by atoms with Crippen molar-refractivity contribution in [3.63, 3.8) is 0 Å². The second-order valence-corrected chi connectivity index (χ2v) is 14.0. The maximum atomic E-state index is 12.8. The summed E-state index contributed by atoms with van der Waals surface area (Å²) in [6.07, 6.45) is 11.1. The van der Waals surface area contributed by atoms with Gasteiger partial charge in [0.2, 0.25) is 0 Å². The topological polar surface area (TPSA) is 76.7 Å². The average Bonchev–Trinajstić information content (AvgIpc) is 3.00. The van der Waals surface area contributed by atoms with Gasteiger partial charge >= 0.3 is 0 Å². The van der Waals surface area contributed by atoms with E-state index in [9.17, 15) is 5.11 Å². The van der Waals surface area contributed by atoms with E-state index in [1.165, 1.54) is 12.8 Å². The van der Waals surface area contributed by atoms with Crippen molar-refractivity contribution in [2.75, 3.05) is 13.7 Å². The first-order chi connectivity index (χ1) is 15.5. The molecule has 5 heteroatoms. The van der Waals surface area contributed by atoms with Gasteiger partial charge in [-0.3, -0.25) is 0 Å². The molecule has 6 aliphatic rings. The van der Waals surface area contributed by atoms with Gasteiger partial charge in [-0.15, -0.1) is 0 Å². The van der Waals surface area contributed by atoms with Crippen molar-refractivity contribution in [1.82, 2.24) is 5.32 Å². The summed E-state index contributed by atoms with van der Waals surface area (Å²) in [6.45, 7) is 10.8. The number of nitrogens with two attached hydrogens (primary N) is 1. The number of nitrogens with one attached hydrogen (secondary N) is 1. The van der Waals surface area contributed by atoms with Crippen LogP contribution in [0.15, 0.2) is 0 Å².